The summed E-state index contributed by atoms with van der Waals surface area (Å²) in [6.45, 7) is -3.52. The van der Waals surface area contributed by atoms with E-state index in [1.54, 1.807) is 0 Å². The van der Waals surface area contributed by atoms with E-state index in [4.69, 9.17) is 4.74 Å². The number of benzene rings is 2. The Hall–Kier alpha value is -4.79. The molecule has 0 bridgehead atoms. The fourth-order valence-corrected chi connectivity index (χ4v) is 3.90. The number of pyridine rings is 1. The number of alkyl halides is 5. The number of nitrogens with zero attached hydrogens (tertiary/aromatic N) is 4. The van der Waals surface area contributed by atoms with E-state index in [9.17, 15) is 36.6 Å². The van der Waals surface area contributed by atoms with E-state index in [-0.39, 0.29) is 39.8 Å². The Bertz CT molecular complexity index is 1540. The predicted molar refractivity (Wildman–Crippen MR) is 125 cm³/mol. The molecule has 10 nitrogen and oxygen atoms in total. The number of rotatable bonds is 7. The van der Waals surface area contributed by atoms with Crippen LogP contribution in [0.4, 0.5) is 38.1 Å². The standard InChI is InChI=1S/C24H16F5N5O5/c25-22(26)39-21-17-9-16(10-30-20(17)31-32-21)38-15-6-4-13(5-7-15)34-18(35)11-33(23(34)37)14-3-1-2-12(8-14)19(36)24(27,28)29/h1-10,19,22,36H,11H2,(H,30,31,32). The lowest BCUT2D eigenvalue weighted by atomic mass is 10.1. The van der Waals surface area contributed by atoms with Gasteiger partial charge in [-0.3, -0.25) is 14.8 Å². The number of carbonyl (C=O) groups excluding carboxylic acids is 2. The van der Waals surface area contributed by atoms with Crippen LogP contribution in [-0.2, 0) is 4.79 Å². The second kappa shape index (κ2) is 9.83. The van der Waals surface area contributed by atoms with Crippen LogP contribution < -0.4 is 19.3 Å². The molecular formula is C24H16F5N5O5. The molecule has 39 heavy (non-hydrogen) atoms. The molecule has 1 atom stereocenters. The molecule has 2 N–H and O–H groups in total. The summed E-state index contributed by atoms with van der Waals surface area (Å²) in [6.07, 6.45) is -6.33. The first-order valence-corrected chi connectivity index (χ1v) is 11.1. The summed E-state index contributed by atoms with van der Waals surface area (Å²) in [5.74, 6) is -0.570. The van der Waals surface area contributed by atoms with E-state index >= 15 is 0 Å². The van der Waals surface area contributed by atoms with Crippen molar-refractivity contribution in [2.24, 2.45) is 0 Å². The Kier molecular flexibility index (Phi) is 6.51. The fraction of sp³-hybridized carbons (Fsp3) is 0.167. The van der Waals surface area contributed by atoms with Crippen molar-refractivity contribution in [3.63, 3.8) is 0 Å². The quantitative estimate of drug-likeness (QED) is 0.248. The number of fused-ring (bicyclic) bond motifs is 1. The van der Waals surface area contributed by atoms with Crippen molar-refractivity contribution >= 4 is 34.3 Å². The van der Waals surface area contributed by atoms with Gasteiger partial charge in [0.15, 0.2) is 11.8 Å². The third-order valence-electron chi connectivity index (χ3n) is 5.66. The van der Waals surface area contributed by atoms with Gasteiger partial charge in [0.25, 0.3) is 5.91 Å². The molecule has 15 heteroatoms. The summed E-state index contributed by atoms with van der Waals surface area (Å²) in [4.78, 5) is 31.5. The molecule has 202 valence electrons. The summed E-state index contributed by atoms with van der Waals surface area (Å²) in [5, 5.41) is 15.8. The van der Waals surface area contributed by atoms with E-state index < -0.39 is 42.9 Å². The Morgan fingerprint density at radius 2 is 1.74 bits per heavy atom. The lowest BCUT2D eigenvalue weighted by Crippen LogP contribution is -2.33. The molecule has 3 amide bonds. The van der Waals surface area contributed by atoms with Gasteiger partial charge in [-0.2, -0.15) is 22.0 Å². The van der Waals surface area contributed by atoms with Crippen molar-refractivity contribution in [1.29, 1.82) is 0 Å². The summed E-state index contributed by atoms with van der Waals surface area (Å²) in [7, 11) is 0. The van der Waals surface area contributed by atoms with E-state index in [2.05, 4.69) is 19.9 Å². The number of halogens is 5. The Morgan fingerprint density at radius 3 is 2.44 bits per heavy atom. The number of ether oxygens (including phenoxy) is 2. The number of H-pyrrole nitrogens is 1. The van der Waals surface area contributed by atoms with Crippen LogP contribution in [0.3, 0.4) is 0 Å². The maximum Gasteiger partial charge on any atom is 0.418 e. The molecule has 4 aromatic rings. The van der Waals surface area contributed by atoms with Gasteiger partial charge in [-0.15, -0.1) is 5.10 Å². The minimum atomic E-state index is -4.90. The van der Waals surface area contributed by atoms with Crippen LogP contribution in [0.2, 0.25) is 0 Å². The highest BCUT2D eigenvalue weighted by Gasteiger charge is 2.41. The molecule has 3 heterocycles. The summed E-state index contributed by atoms with van der Waals surface area (Å²) < 4.78 is 73.9. The van der Waals surface area contributed by atoms with Crippen LogP contribution in [0.5, 0.6) is 17.4 Å². The molecule has 5 rings (SSSR count). The zero-order valence-electron chi connectivity index (χ0n) is 19.4. The second-order valence-electron chi connectivity index (χ2n) is 8.21. The van der Waals surface area contributed by atoms with Crippen molar-refractivity contribution in [1.82, 2.24) is 15.2 Å². The molecule has 1 aliphatic heterocycles. The highest BCUT2D eigenvalue weighted by Crippen LogP contribution is 2.35. The zero-order chi connectivity index (χ0) is 27.9. The van der Waals surface area contributed by atoms with Gasteiger partial charge in [-0.25, -0.2) is 14.7 Å². The van der Waals surface area contributed by atoms with Gasteiger partial charge in [0.2, 0.25) is 5.88 Å². The van der Waals surface area contributed by atoms with Crippen LogP contribution >= 0.6 is 0 Å². The minimum absolute atomic E-state index is 0.00827. The smallest absolute Gasteiger partial charge is 0.418 e. The van der Waals surface area contributed by atoms with Crippen LogP contribution in [0.15, 0.2) is 60.8 Å². The third kappa shape index (κ3) is 5.16. The number of aliphatic hydroxyl groups excluding tert-OH is 1. The fourth-order valence-electron chi connectivity index (χ4n) is 3.90. The Labute approximate surface area is 215 Å². The first kappa shape index (κ1) is 25.8. The van der Waals surface area contributed by atoms with Gasteiger partial charge < -0.3 is 14.6 Å². The molecule has 1 saturated heterocycles. The average Bonchev–Trinajstić information content (AvgIpc) is 3.42. The summed E-state index contributed by atoms with van der Waals surface area (Å²) in [5.41, 5.74) is -0.102. The van der Waals surface area contributed by atoms with Crippen LogP contribution in [0.25, 0.3) is 11.0 Å². The van der Waals surface area contributed by atoms with Gasteiger partial charge in [0.1, 0.15) is 18.0 Å². The predicted octanol–water partition coefficient (Wildman–Crippen LogP) is 4.92. The molecule has 2 aromatic carbocycles. The van der Waals surface area contributed by atoms with Crippen LogP contribution in [-0.4, -0.2) is 51.6 Å². The van der Waals surface area contributed by atoms with Crippen LogP contribution in [0.1, 0.15) is 11.7 Å². The number of carbonyl (C=O) groups is 2. The molecule has 0 spiro atoms. The normalized spacial score (nSPS) is 14.9. The SMILES string of the molecule is O=C1CN(c2cccc(C(O)C(F)(F)F)c2)C(=O)N1c1ccc(Oc2cnc3[nH]nc(OC(F)F)c3c2)cc1. The number of hydrogen-bond acceptors (Lipinski definition) is 7. The molecule has 2 aromatic heterocycles. The molecule has 0 aliphatic carbocycles. The summed E-state index contributed by atoms with van der Waals surface area (Å²) in [6, 6.07) is 10.9. The number of nitrogens with one attached hydrogen (secondary N) is 1. The third-order valence-corrected chi connectivity index (χ3v) is 5.66. The first-order chi connectivity index (χ1) is 18.5. The number of hydrogen-bond donors (Lipinski definition) is 2. The number of aromatic nitrogens is 3. The maximum atomic E-state index is 13.0. The largest absolute Gasteiger partial charge is 0.456 e. The lowest BCUT2D eigenvalue weighted by molar-refractivity contribution is -0.206. The lowest BCUT2D eigenvalue weighted by Gasteiger charge is -2.20. The van der Waals surface area contributed by atoms with E-state index in [1.807, 2.05) is 0 Å². The van der Waals surface area contributed by atoms with Crippen molar-refractivity contribution in [2.45, 2.75) is 18.9 Å². The number of imide groups is 1. The molecular weight excluding hydrogens is 533 g/mol. The average molecular weight is 549 g/mol. The molecule has 1 fully saturated rings. The van der Waals surface area contributed by atoms with E-state index in [0.29, 0.717) is 0 Å². The molecule has 1 aliphatic rings. The maximum absolute atomic E-state index is 13.0. The molecule has 0 radical (unpaired) electrons. The monoisotopic (exact) mass is 549 g/mol. The molecule has 0 saturated carbocycles. The van der Waals surface area contributed by atoms with Crippen LogP contribution in [0, 0.1) is 0 Å². The topological polar surface area (TPSA) is 121 Å². The summed E-state index contributed by atoms with van der Waals surface area (Å²) >= 11 is 0. The zero-order valence-corrected chi connectivity index (χ0v) is 19.4. The van der Waals surface area contributed by atoms with Gasteiger partial charge in [0.05, 0.1) is 17.3 Å². The first-order valence-electron chi connectivity index (χ1n) is 11.1. The Morgan fingerprint density at radius 1 is 1.00 bits per heavy atom. The Balaban J connectivity index is 1.32. The highest BCUT2D eigenvalue weighted by molar-refractivity contribution is 6.26. The van der Waals surface area contributed by atoms with Crippen molar-refractivity contribution in [3.8, 4) is 17.4 Å². The van der Waals surface area contributed by atoms with Crippen molar-refractivity contribution < 1.29 is 46.1 Å². The number of aliphatic hydroxyl groups is 1. The second-order valence-corrected chi connectivity index (χ2v) is 8.21. The van der Waals surface area contributed by atoms with E-state index in [0.717, 1.165) is 21.9 Å². The van der Waals surface area contributed by atoms with Gasteiger partial charge in [0, 0.05) is 5.69 Å². The van der Waals surface area contributed by atoms with Gasteiger partial charge in [-0.1, -0.05) is 12.1 Å². The molecule has 1 unspecified atom stereocenters. The van der Waals surface area contributed by atoms with Gasteiger partial charge in [-0.05, 0) is 48.0 Å². The number of urea groups is 1. The van der Waals surface area contributed by atoms with Gasteiger partial charge >= 0.3 is 18.8 Å². The minimum Gasteiger partial charge on any atom is -0.456 e. The van der Waals surface area contributed by atoms with Crippen molar-refractivity contribution in [2.75, 3.05) is 16.3 Å². The van der Waals surface area contributed by atoms with Crippen molar-refractivity contribution in [3.05, 3.63) is 66.4 Å². The number of anilines is 2. The highest BCUT2D eigenvalue weighted by atomic mass is 19.4. The number of amides is 3. The van der Waals surface area contributed by atoms with E-state index in [1.165, 1.54) is 48.7 Å². The number of aromatic amines is 1.